The third-order valence-electron chi connectivity index (χ3n) is 3.51. The minimum absolute atomic E-state index is 0.0829. The maximum atomic E-state index is 11.9. The summed E-state index contributed by atoms with van der Waals surface area (Å²) in [5, 5.41) is 0. The van der Waals surface area contributed by atoms with Crippen LogP contribution in [0.2, 0.25) is 0 Å². The molecule has 104 valence electrons. The van der Waals surface area contributed by atoms with Crippen molar-refractivity contribution in [2.45, 2.75) is 25.4 Å². The van der Waals surface area contributed by atoms with Crippen molar-refractivity contribution in [1.29, 1.82) is 0 Å². The van der Waals surface area contributed by atoms with Crippen molar-refractivity contribution in [2.24, 2.45) is 0 Å². The first-order chi connectivity index (χ1) is 9.17. The van der Waals surface area contributed by atoms with E-state index in [1.54, 1.807) is 7.11 Å². The summed E-state index contributed by atoms with van der Waals surface area (Å²) in [5.74, 6) is 0.666. The van der Waals surface area contributed by atoms with E-state index < -0.39 is 0 Å². The van der Waals surface area contributed by atoms with Gasteiger partial charge in [-0.1, -0.05) is 12.1 Å². The van der Waals surface area contributed by atoms with Gasteiger partial charge in [0.1, 0.15) is 12.3 Å². The number of hydrogen-bond donors (Lipinski definition) is 1. The van der Waals surface area contributed by atoms with Crippen LogP contribution in [0.1, 0.15) is 18.4 Å². The van der Waals surface area contributed by atoms with E-state index in [1.807, 2.05) is 24.3 Å². The maximum Gasteiger partial charge on any atom is 0.310 e. The first-order valence-electron chi connectivity index (χ1n) is 6.81. The Hall–Kier alpha value is -1.55. The molecule has 0 radical (unpaired) electrons. The van der Waals surface area contributed by atoms with Crippen molar-refractivity contribution < 1.29 is 19.2 Å². The predicted molar refractivity (Wildman–Crippen MR) is 72.4 cm³/mol. The van der Waals surface area contributed by atoms with Gasteiger partial charge in [-0.05, 0) is 24.1 Å². The molecule has 0 spiro atoms. The molecule has 1 heterocycles. The van der Waals surface area contributed by atoms with Gasteiger partial charge in [0.05, 0.1) is 27.1 Å². The highest BCUT2D eigenvalue weighted by atomic mass is 16.5. The predicted octanol–water partition coefficient (Wildman–Crippen LogP) is 0.458. The Balaban J connectivity index is 1.83. The summed E-state index contributed by atoms with van der Waals surface area (Å²) in [6.45, 7) is 2.10. The van der Waals surface area contributed by atoms with Crippen molar-refractivity contribution in [2.75, 3.05) is 27.2 Å². The number of methoxy groups -OCH3 is 1. The molecule has 1 aromatic carbocycles. The summed E-state index contributed by atoms with van der Waals surface area (Å²) in [6.07, 6.45) is 2.54. The number of esters is 1. The lowest BCUT2D eigenvalue weighted by atomic mass is 10.1. The monoisotopic (exact) mass is 264 g/mol. The summed E-state index contributed by atoms with van der Waals surface area (Å²) in [6, 6.07) is 7.53. The minimum Gasteiger partial charge on any atom is -0.497 e. The van der Waals surface area contributed by atoms with Crippen LogP contribution in [0.5, 0.6) is 5.75 Å². The van der Waals surface area contributed by atoms with Crippen LogP contribution in [0.25, 0.3) is 0 Å². The highest BCUT2D eigenvalue weighted by Gasteiger charge is 2.23. The molecule has 0 bridgehead atoms. The summed E-state index contributed by atoms with van der Waals surface area (Å²) in [4.78, 5) is 13.3. The smallest absolute Gasteiger partial charge is 0.310 e. The molecule has 2 rings (SSSR count). The third kappa shape index (κ3) is 4.24. The van der Waals surface area contributed by atoms with Crippen molar-refractivity contribution in [1.82, 2.24) is 0 Å². The molecule has 1 fully saturated rings. The number of quaternary nitrogens is 1. The second-order valence-corrected chi connectivity index (χ2v) is 5.19. The number of carbonyl (C=O) groups is 1. The quantitative estimate of drug-likeness (QED) is 0.803. The molecule has 19 heavy (non-hydrogen) atoms. The lowest BCUT2D eigenvalue weighted by Crippen LogP contribution is -3.11. The van der Waals surface area contributed by atoms with Gasteiger partial charge in [0.15, 0.2) is 6.10 Å². The van der Waals surface area contributed by atoms with Gasteiger partial charge in [-0.3, -0.25) is 4.79 Å². The van der Waals surface area contributed by atoms with Crippen LogP contribution in [0.15, 0.2) is 24.3 Å². The Bertz CT molecular complexity index is 416. The van der Waals surface area contributed by atoms with E-state index >= 15 is 0 Å². The Morgan fingerprint density at radius 2 is 2.11 bits per heavy atom. The van der Waals surface area contributed by atoms with E-state index in [0.717, 1.165) is 30.7 Å². The number of likely N-dealkylation sites (N-methyl/N-ethyl adjacent to an activating group) is 1. The number of ether oxygens (including phenoxy) is 2. The molecule has 2 unspecified atom stereocenters. The second-order valence-electron chi connectivity index (χ2n) is 5.19. The van der Waals surface area contributed by atoms with Gasteiger partial charge in [-0.25, -0.2) is 0 Å². The van der Waals surface area contributed by atoms with Crippen LogP contribution in [0.4, 0.5) is 0 Å². The van der Waals surface area contributed by atoms with Gasteiger partial charge < -0.3 is 14.4 Å². The SMILES string of the molecule is COc1ccc(CC(=O)OC2CCC[NH+](C)C2)cc1. The summed E-state index contributed by atoms with van der Waals surface area (Å²) in [5.41, 5.74) is 0.960. The average Bonchev–Trinajstić information content (AvgIpc) is 2.39. The van der Waals surface area contributed by atoms with Crippen LogP contribution in [-0.4, -0.2) is 39.3 Å². The molecular weight excluding hydrogens is 242 g/mol. The fourth-order valence-electron chi connectivity index (χ4n) is 2.46. The topological polar surface area (TPSA) is 40.0 Å². The standard InChI is InChI=1S/C15H21NO3/c1-16-9-3-4-14(11-16)19-15(17)10-12-5-7-13(18-2)8-6-12/h5-8,14H,3-4,9-11H2,1-2H3/p+1. The van der Waals surface area contributed by atoms with Gasteiger partial charge in [-0.15, -0.1) is 0 Å². The molecule has 0 aromatic heterocycles. The fourth-order valence-corrected chi connectivity index (χ4v) is 2.46. The zero-order valence-electron chi connectivity index (χ0n) is 11.6. The normalized spacial score (nSPS) is 22.8. The Labute approximate surface area is 114 Å². The largest absolute Gasteiger partial charge is 0.497 e. The Morgan fingerprint density at radius 1 is 1.37 bits per heavy atom. The number of likely N-dealkylation sites (tertiary alicyclic amines) is 1. The fraction of sp³-hybridized carbons (Fsp3) is 0.533. The molecule has 2 atom stereocenters. The van der Waals surface area contributed by atoms with Gasteiger partial charge in [-0.2, -0.15) is 0 Å². The molecule has 4 nitrogen and oxygen atoms in total. The summed E-state index contributed by atoms with van der Waals surface area (Å²) >= 11 is 0. The minimum atomic E-state index is -0.134. The summed E-state index contributed by atoms with van der Waals surface area (Å²) < 4.78 is 10.6. The first-order valence-corrected chi connectivity index (χ1v) is 6.81. The summed E-state index contributed by atoms with van der Waals surface area (Å²) in [7, 11) is 3.77. The van der Waals surface area contributed by atoms with Crippen LogP contribution < -0.4 is 9.64 Å². The van der Waals surface area contributed by atoms with Gasteiger partial charge in [0.2, 0.25) is 0 Å². The molecule has 1 aromatic rings. The second kappa shape index (κ2) is 6.57. The highest BCUT2D eigenvalue weighted by molar-refractivity contribution is 5.72. The zero-order chi connectivity index (χ0) is 13.7. The molecule has 0 aliphatic carbocycles. The van der Waals surface area contributed by atoms with E-state index in [4.69, 9.17) is 9.47 Å². The average molecular weight is 264 g/mol. The highest BCUT2D eigenvalue weighted by Crippen LogP contribution is 2.13. The van der Waals surface area contributed by atoms with Crippen LogP contribution >= 0.6 is 0 Å². The zero-order valence-corrected chi connectivity index (χ0v) is 11.6. The third-order valence-corrected chi connectivity index (χ3v) is 3.51. The van der Waals surface area contributed by atoms with Crippen molar-refractivity contribution in [3.8, 4) is 5.75 Å². The van der Waals surface area contributed by atoms with E-state index in [2.05, 4.69) is 7.05 Å². The molecule has 0 saturated carbocycles. The number of carbonyl (C=O) groups excluding carboxylic acids is 1. The Morgan fingerprint density at radius 3 is 2.74 bits per heavy atom. The van der Waals surface area contributed by atoms with E-state index in [1.165, 1.54) is 11.4 Å². The van der Waals surface area contributed by atoms with Crippen LogP contribution in [0.3, 0.4) is 0 Å². The molecule has 1 aliphatic heterocycles. The number of rotatable bonds is 4. The Kier molecular flexibility index (Phi) is 4.80. The van der Waals surface area contributed by atoms with Gasteiger partial charge in [0, 0.05) is 6.42 Å². The van der Waals surface area contributed by atoms with E-state index in [9.17, 15) is 4.79 Å². The van der Waals surface area contributed by atoms with Gasteiger partial charge >= 0.3 is 5.97 Å². The molecule has 1 N–H and O–H groups in total. The molecule has 1 aliphatic rings. The molecule has 4 heteroatoms. The molecular formula is C15H22NO3+. The van der Waals surface area contributed by atoms with Crippen LogP contribution in [0, 0.1) is 0 Å². The lowest BCUT2D eigenvalue weighted by Gasteiger charge is -2.26. The lowest BCUT2D eigenvalue weighted by molar-refractivity contribution is -0.888. The van der Waals surface area contributed by atoms with Crippen molar-refractivity contribution in [3.63, 3.8) is 0 Å². The number of benzene rings is 1. The first kappa shape index (κ1) is 13.9. The van der Waals surface area contributed by atoms with E-state index in [-0.39, 0.29) is 12.1 Å². The number of piperidine rings is 1. The maximum absolute atomic E-state index is 11.9. The molecule has 1 saturated heterocycles. The van der Waals surface area contributed by atoms with Crippen LogP contribution in [-0.2, 0) is 16.0 Å². The number of hydrogen-bond acceptors (Lipinski definition) is 3. The van der Waals surface area contributed by atoms with E-state index in [0.29, 0.717) is 6.42 Å². The number of nitrogens with one attached hydrogen (secondary N) is 1. The molecule has 0 amide bonds. The van der Waals surface area contributed by atoms with Crippen molar-refractivity contribution in [3.05, 3.63) is 29.8 Å². The van der Waals surface area contributed by atoms with Gasteiger partial charge in [0.25, 0.3) is 0 Å². The van der Waals surface area contributed by atoms with Crippen molar-refractivity contribution >= 4 is 5.97 Å².